The zero-order valence-corrected chi connectivity index (χ0v) is 10.2. The van der Waals surface area contributed by atoms with Gasteiger partial charge in [-0.05, 0) is 31.2 Å². The molecule has 1 aromatic rings. The number of rotatable bonds is 7. The number of carbonyl (C=O) groups is 1. The first-order valence-electron chi connectivity index (χ1n) is 6.07. The number of carboxylic acids is 1. The van der Waals surface area contributed by atoms with Gasteiger partial charge >= 0.3 is 5.97 Å². The number of aliphatic hydroxyl groups excluding tert-OH is 1. The third-order valence-electron chi connectivity index (χ3n) is 3.35. The molecule has 0 spiro atoms. The monoisotopic (exact) mass is 236 g/mol. The van der Waals surface area contributed by atoms with E-state index in [1.165, 1.54) is 0 Å². The molecule has 0 fully saturated rings. The second-order valence-electron chi connectivity index (χ2n) is 4.29. The molecule has 0 bridgehead atoms. The molecule has 94 valence electrons. The molecule has 3 heteroatoms. The molecule has 3 nitrogen and oxygen atoms in total. The van der Waals surface area contributed by atoms with E-state index in [4.69, 9.17) is 5.11 Å². The highest BCUT2D eigenvalue weighted by molar-refractivity contribution is 5.81. The molecule has 1 aromatic carbocycles. The number of hydrogen-bond donors (Lipinski definition) is 2. The summed E-state index contributed by atoms with van der Waals surface area (Å²) in [5.74, 6) is -0.774. The number of aliphatic carboxylic acids is 1. The molecule has 0 saturated heterocycles. The van der Waals surface area contributed by atoms with Crippen LogP contribution in [0.2, 0.25) is 0 Å². The third-order valence-corrected chi connectivity index (χ3v) is 3.35. The largest absolute Gasteiger partial charge is 0.481 e. The summed E-state index contributed by atoms with van der Waals surface area (Å²) in [6, 6.07) is 9.37. The van der Waals surface area contributed by atoms with Crippen molar-refractivity contribution < 1.29 is 15.0 Å². The summed E-state index contributed by atoms with van der Waals surface area (Å²) in [7, 11) is 0. The maximum atomic E-state index is 11.6. The smallest absolute Gasteiger partial charge is 0.314 e. The summed E-state index contributed by atoms with van der Waals surface area (Å²) in [4.78, 5) is 11.6. The summed E-state index contributed by atoms with van der Waals surface area (Å²) in [5.41, 5.74) is 0.0455. The van der Waals surface area contributed by atoms with Gasteiger partial charge in [0.15, 0.2) is 0 Å². The Morgan fingerprint density at radius 1 is 1.24 bits per heavy atom. The predicted octanol–water partition coefficient (Wildman–Crippen LogP) is 2.58. The van der Waals surface area contributed by atoms with Crippen LogP contribution in [0.4, 0.5) is 0 Å². The molecular weight excluding hydrogens is 216 g/mol. The SMILES string of the molecule is CCC(CCCCO)(C(=O)O)c1ccccc1. The van der Waals surface area contributed by atoms with Crippen LogP contribution in [0.3, 0.4) is 0 Å². The van der Waals surface area contributed by atoms with E-state index in [-0.39, 0.29) is 6.61 Å². The van der Waals surface area contributed by atoms with E-state index < -0.39 is 11.4 Å². The summed E-state index contributed by atoms with van der Waals surface area (Å²) in [6.07, 6.45) is 2.52. The van der Waals surface area contributed by atoms with Crippen molar-refractivity contribution in [1.82, 2.24) is 0 Å². The van der Waals surface area contributed by atoms with E-state index in [0.29, 0.717) is 19.3 Å². The number of carboxylic acid groups (broad SMARTS) is 1. The first-order valence-corrected chi connectivity index (χ1v) is 6.07. The maximum Gasteiger partial charge on any atom is 0.314 e. The minimum Gasteiger partial charge on any atom is -0.481 e. The second kappa shape index (κ2) is 6.40. The van der Waals surface area contributed by atoms with E-state index in [9.17, 15) is 9.90 Å². The highest BCUT2D eigenvalue weighted by Gasteiger charge is 2.37. The Morgan fingerprint density at radius 2 is 1.88 bits per heavy atom. The lowest BCUT2D eigenvalue weighted by molar-refractivity contribution is -0.144. The lowest BCUT2D eigenvalue weighted by Crippen LogP contribution is -2.35. The van der Waals surface area contributed by atoms with Crippen LogP contribution in [0.15, 0.2) is 30.3 Å². The summed E-state index contributed by atoms with van der Waals surface area (Å²) < 4.78 is 0. The van der Waals surface area contributed by atoms with E-state index in [0.717, 1.165) is 12.0 Å². The second-order valence-corrected chi connectivity index (χ2v) is 4.29. The van der Waals surface area contributed by atoms with Gasteiger partial charge in [0.1, 0.15) is 0 Å². The standard InChI is InChI=1S/C14H20O3/c1-2-14(13(16)17,10-6-7-11-15)12-8-4-3-5-9-12/h3-5,8-9,15H,2,6-7,10-11H2,1H3,(H,16,17). The van der Waals surface area contributed by atoms with Gasteiger partial charge in [0.05, 0.1) is 5.41 Å². The third kappa shape index (κ3) is 3.07. The zero-order valence-electron chi connectivity index (χ0n) is 10.2. The Hall–Kier alpha value is -1.35. The Labute approximate surface area is 102 Å². The molecule has 0 aliphatic carbocycles. The van der Waals surface area contributed by atoms with Crippen LogP contribution in [0.25, 0.3) is 0 Å². The zero-order chi connectivity index (χ0) is 12.7. The normalized spacial score (nSPS) is 14.2. The van der Waals surface area contributed by atoms with Crippen LogP contribution < -0.4 is 0 Å². The Kier molecular flexibility index (Phi) is 5.16. The maximum absolute atomic E-state index is 11.6. The van der Waals surface area contributed by atoms with Crippen LogP contribution in [-0.4, -0.2) is 22.8 Å². The number of benzene rings is 1. The van der Waals surface area contributed by atoms with Gasteiger partial charge in [-0.1, -0.05) is 37.3 Å². The highest BCUT2D eigenvalue weighted by Crippen LogP contribution is 2.33. The minimum absolute atomic E-state index is 0.119. The van der Waals surface area contributed by atoms with E-state index in [1.54, 1.807) is 0 Å². The fraction of sp³-hybridized carbons (Fsp3) is 0.500. The van der Waals surface area contributed by atoms with Gasteiger partial charge in [-0.3, -0.25) is 4.79 Å². The summed E-state index contributed by atoms with van der Waals surface area (Å²) >= 11 is 0. The lowest BCUT2D eigenvalue weighted by Gasteiger charge is -2.28. The molecule has 0 radical (unpaired) electrons. The average molecular weight is 236 g/mol. The number of hydrogen-bond acceptors (Lipinski definition) is 2. The van der Waals surface area contributed by atoms with Gasteiger partial charge in [-0.25, -0.2) is 0 Å². The summed E-state index contributed by atoms with van der Waals surface area (Å²) in [5, 5.41) is 18.3. The van der Waals surface area contributed by atoms with Gasteiger partial charge in [0.2, 0.25) is 0 Å². The molecule has 0 amide bonds. The van der Waals surface area contributed by atoms with E-state index >= 15 is 0 Å². The van der Waals surface area contributed by atoms with Gasteiger partial charge in [0.25, 0.3) is 0 Å². The average Bonchev–Trinajstić information content (AvgIpc) is 2.36. The van der Waals surface area contributed by atoms with Crippen LogP contribution in [0.5, 0.6) is 0 Å². The molecular formula is C14H20O3. The molecule has 0 heterocycles. The molecule has 0 aliphatic rings. The van der Waals surface area contributed by atoms with Crippen molar-refractivity contribution in [1.29, 1.82) is 0 Å². The van der Waals surface area contributed by atoms with Gasteiger partial charge in [-0.2, -0.15) is 0 Å². The Balaban J connectivity index is 2.97. The predicted molar refractivity (Wildman–Crippen MR) is 67.0 cm³/mol. The van der Waals surface area contributed by atoms with E-state index in [1.807, 2.05) is 37.3 Å². The highest BCUT2D eigenvalue weighted by atomic mass is 16.4. The fourth-order valence-corrected chi connectivity index (χ4v) is 2.20. The van der Waals surface area contributed by atoms with Crippen molar-refractivity contribution in [3.05, 3.63) is 35.9 Å². The topological polar surface area (TPSA) is 57.5 Å². The molecule has 1 atom stereocenters. The van der Waals surface area contributed by atoms with Crippen molar-refractivity contribution in [2.45, 2.75) is 38.0 Å². The lowest BCUT2D eigenvalue weighted by atomic mass is 9.74. The first kappa shape index (κ1) is 13.7. The van der Waals surface area contributed by atoms with Crippen LogP contribution in [0, 0.1) is 0 Å². The van der Waals surface area contributed by atoms with Crippen molar-refractivity contribution in [3.63, 3.8) is 0 Å². The minimum atomic E-state index is -0.809. The van der Waals surface area contributed by atoms with Gasteiger partial charge < -0.3 is 10.2 Å². The van der Waals surface area contributed by atoms with Crippen molar-refractivity contribution in [2.75, 3.05) is 6.61 Å². The van der Waals surface area contributed by atoms with E-state index in [2.05, 4.69) is 0 Å². The van der Waals surface area contributed by atoms with Crippen molar-refractivity contribution >= 4 is 5.97 Å². The molecule has 0 saturated carbocycles. The fourth-order valence-electron chi connectivity index (χ4n) is 2.20. The van der Waals surface area contributed by atoms with Crippen LogP contribution >= 0.6 is 0 Å². The molecule has 0 aromatic heterocycles. The quantitative estimate of drug-likeness (QED) is 0.715. The van der Waals surface area contributed by atoms with Crippen molar-refractivity contribution in [3.8, 4) is 0 Å². The van der Waals surface area contributed by atoms with Crippen molar-refractivity contribution in [2.24, 2.45) is 0 Å². The molecule has 1 unspecified atom stereocenters. The van der Waals surface area contributed by atoms with Crippen LogP contribution in [0.1, 0.15) is 38.2 Å². The Morgan fingerprint density at radius 3 is 2.35 bits per heavy atom. The Bertz CT molecular complexity index is 348. The first-order chi connectivity index (χ1) is 8.17. The number of unbranched alkanes of at least 4 members (excludes halogenated alkanes) is 1. The van der Waals surface area contributed by atoms with Crippen LogP contribution in [-0.2, 0) is 10.2 Å². The van der Waals surface area contributed by atoms with Gasteiger partial charge in [-0.15, -0.1) is 0 Å². The van der Waals surface area contributed by atoms with Gasteiger partial charge in [0, 0.05) is 6.61 Å². The molecule has 17 heavy (non-hydrogen) atoms. The molecule has 1 rings (SSSR count). The summed E-state index contributed by atoms with van der Waals surface area (Å²) in [6.45, 7) is 2.02. The number of aliphatic hydroxyl groups is 1. The molecule has 0 aliphatic heterocycles. The molecule has 2 N–H and O–H groups in total.